The maximum absolute atomic E-state index is 10.6. The molecule has 0 heterocycles. The Morgan fingerprint density at radius 3 is 2.47 bits per heavy atom. The number of amides is 1. The minimum absolute atomic E-state index is 0.177. The highest BCUT2D eigenvalue weighted by atomic mass is 35.5. The van der Waals surface area contributed by atoms with Gasteiger partial charge in [0, 0.05) is 0 Å². The zero-order chi connectivity index (χ0) is 13.7. The third-order valence-electron chi connectivity index (χ3n) is 2.65. The van der Waals surface area contributed by atoms with E-state index in [4.69, 9.17) is 22.1 Å². The molecule has 2 rings (SSSR count). The third kappa shape index (κ3) is 3.73. The van der Waals surface area contributed by atoms with E-state index in [1.165, 1.54) is 0 Å². The Bertz CT molecular complexity index is 570. The van der Waals surface area contributed by atoms with Gasteiger partial charge in [-0.3, -0.25) is 4.79 Å². The number of hydrogen-bond donors (Lipinski definition) is 1. The molecule has 0 aliphatic heterocycles. The molecule has 3 nitrogen and oxygen atoms in total. The van der Waals surface area contributed by atoms with Crippen LogP contribution in [0.3, 0.4) is 0 Å². The smallest absolute Gasteiger partial charge is 0.220 e. The van der Waals surface area contributed by atoms with Crippen LogP contribution < -0.4 is 10.5 Å². The van der Waals surface area contributed by atoms with Gasteiger partial charge in [-0.25, -0.2) is 0 Å². The molecule has 0 aliphatic carbocycles. The lowest BCUT2D eigenvalue weighted by molar-refractivity contribution is -0.118. The molecule has 0 spiro atoms. The van der Waals surface area contributed by atoms with Crippen LogP contribution in [0, 0.1) is 0 Å². The fraction of sp³-hybridized carbons (Fsp3) is 0.133. The number of nitrogens with two attached hydrogens (primary N) is 1. The lowest BCUT2D eigenvalue weighted by Gasteiger charge is -2.09. The number of ether oxygens (including phenoxy) is 1. The van der Waals surface area contributed by atoms with Crippen molar-refractivity contribution in [3.05, 3.63) is 53.6 Å². The lowest BCUT2D eigenvalue weighted by atomic mass is 10.1. The maximum atomic E-state index is 10.6. The lowest BCUT2D eigenvalue weighted by Crippen LogP contribution is -2.14. The standard InChI is InChI=1S/C15H14ClNO2/c16-13-10-12(11-4-2-1-3-5-11)6-7-14(13)19-9-8-15(17)18/h1-7,10H,8-9H2,(H2,17,18). The number of benzene rings is 2. The summed E-state index contributed by atoms with van der Waals surface area (Å²) in [6, 6.07) is 15.5. The van der Waals surface area contributed by atoms with Crippen LogP contribution in [0.2, 0.25) is 5.02 Å². The summed E-state index contributed by atoms with van der Waals surface area (Å²) in [5.41, 5.74) is 7.15. The van der Waals surface area contributed by atoms with Crippen molar-refractivity contribution in [3.8, 4) is 16.9 Å². The molecule has 0 aliphatic rings. The van der Waals surface area contributed by atoms with E-state index in [9.17, 15) is 4.79 Å². The quantitative estimate of drug-likeness (QED) is 0.910. The van der Waals surface area contributed by atoms with E-state index >= 15 is 0 Å². The van der Waals surface area contributed by atoms with E-state index in [1.54, 1.807) is 6.07 Å². The summed E-state index contributed by atoms with van der Waals surface area (Å²) < 4.78 is 5.41. The summed E-state index contributed by atoms with van der Waals surface area (Å²) in [6.07, 6.45) is 0.177. The van der Waals surface area contributed by atoms with E-state index in [0.29, 0.717) is 10.8 Å². The Hall–Kier alpha value is -2.00. The topological polar surface area (TPSA) is 52.3 Å². The Morgan fingerprint density at radius 2 is 1.84 bits per heavy atom. The molecular formula is C15H14ClNO2. The van der Waals surface area contributed by atoms with E-state index in [-0.39, 0.29) is 13.0 Å². The van der Waals surface area contributed by atoms with Gasteiger partial charge in [0.15, 0.2) is 0 Å². The number of rotatable bonds is 5. The molecule has 98 valence electrons. The molecule has 4 heteroatoms. The number of carbonyl (C=O) groups is 1. The highest BCUT2D eigenvalue weighted by molar-refractivity contribution is 6.32. The highest BCUT2D eigenvalue weighted by Crippen LogP contribution is 2.30. The molecule has 2 aromatic rings. The van der Waals surface area contributed by atoms with Gasteiger partial charge in [-0.2, -0.15) is 0 Å². The molecule has 0 saturated carbocycles. The third-order valence-corrected chi connectivity index (χ3v) is 2.94. The van der Waals surface area contributed by atoms with Crippen LogP contribution >= 0.6 is 11.6 Å². The molecule has 0 saturated heterocycles. The van der Waals surface area contributed by atoms with E-state index in [2.05, 4.69) is 0 Å². The Labute approximate surface area is 117 Å². The average Bonchev–Trinajstić information content (AvgIpc) is 2.41. The summed E-state index contributed by atoms with van der Waals surface area (Å²) in [5.74, 6) is 0.166. The molecule has 0 atom stereocenters. The fourth-order valence-electron chi connectivity index (χ4n) is 1.69. The van der Waals surface area contributed by atoms with Crippen molar-refractivity contribution < 1.29 is 9.53 Å². The first-order chi connectivity index (χ1) is 9.16. The molecular weight excluding hydrogens is 262 g/mol. The summed E-state index contributed by atoms with van der Waals surface area (Å²) in [6.45, 7) is 0.236. The van der Waals surface area contributed by atoms with Crippen LogP contribution in [0.15, 0.2) is 48.5 Å². The van der Waals surface area contributed by atoms with Crippen molar-refractivity contribution in [2.24, 2.45) is 5.73 Å². The molecule has 0 bridgehead atoms. The molecule has 2 aromatic carbocycles. The molecule has 2 N–H and O–H groups in total. The van der Waals surface area contributed by atoms with Gasteiger partial charge >= 0.3 is 0 Å². The predicted octanol–water partition coefficient (Wildman–Crippen LogP) is 3.26. The summed E-state index contributed by atoms with van der Waals surface area (Å²) in [7, 11) is 0. The first-order valence-electron chi connectivity index (χ1n) is 5.93. The van der Waals surface area contributed by atoms with Crippen molar-refractivity contribution in [3.63, 3.8) is 0 Å². The largest absolute Gasteiger partial charge is 0.491 e. The predicted molar refractivity (Wildman–Crippen MR) is 76.2 cm³/mol. The first kappa shape index (κ1) is 13.4. The monoisotopic (exact) mass is 275 g/mol. The van der Waals surface area contributed by atoms with Gasteiger partial charge in [0.25, 0.3) is 0 Å². The molecule has 0 radical (unpaired) electrons. The molecule has 0 unspecified atom stereocenters. The molecule has 19 heavy (non-hydrogen) atoms. The Balaban J connectivity index is 2.11. The van der Waals surface area contributed by atoms with Gasteiger partial charge in [-0.05, 0) is 23.3 Å². The van der Waals surface area contributed by atoms with E-state index in [1.807, 2.05) is 42.5 Å². The van der Waals surface area contributed by atoms with Gasteiger partial charge in [-0.1, -0.05) is 48.0 Å². The van der Waals surface area contributed by atoms with Gasteiger partial charge in [-0.15, -0.1) is 0 Å². The second kappa shape index (κ2) is 6.25. The van der Waals surface area contributed by atoms with Crippen molar-refractivity contribution in [1.82, 2.24) is 0 Å². The van der Waals surface area contributed by atoms with Crippen molar-refractivity contribution in [2.75, 3.05) is 6.61 Å². The first-order valence-corrected chi connectivity index (χ1v) is 6.30. The number of halogens is 1. The van der Waals surface area contributed by atoms with Crippen LogP contribution in [-0.2, 0) is 4.79 Å². The van der Waals surface area contributed by atoms with Gasteiger partial charge < -0.3 is 10.5 Å². The van der Waals surface area contributed by atoms with Crippen LogP contribution in [0.5, 0.6) is 5.75 Å². The minimum Gasteiger partial charge on any atom is -0.491 e. The van der Waals surface area contributed by atoms with E-state index in [0.717, 1.165) is 11.1 Å². The molecule has 0 fully saturated rings. The van der Waals surface area contributed by atoms with Crippen LogP contribution in [0.1, 0.15) is 6.42 Å². The summed E-state index contributed by atoms with van der Waals surface area (Å²) in [4.78, 5) is 10.6. The normalized spacial score (nSPS) is 10.2. The van der Waals surface area contributed by atoms with Gasteiger partial charge in [0.1, 0.15) is 5.75 Å². The van der Waals surface area contributed by atoms with Crippen LogP contribution in [0.4, 0.5) is 0 Å². The number of carbonyl (C=O) groups excluding carboxylic acids is 1. The van der Waals surface area contributed by atoms with E-state index < -0.39 is 5.91 Å². The molecule has 0 aromatic heterocycles. The second-order valence-electron chi connectivity index (χ2n) is 4.08. The minimum atomic E-state index is -0.392. The van der Waals surface area contributed by atoms with Crippen molar-refractivity contribution in [2.45, 2.75) is 6.42 Å². The van der Waals surface area contributed by atoms with Crippen LogP contribution in [0.25, 0.3) is 11.1 Å². The van der Waals surface area contributed by atoms with Crippen molar-refractivity contribution in [1.29, 1.82) is 0 Å². The Morgan fingerprint density at radius 1 is 1.11 bits per heavy atom. The second-order valence-corrected chi connectivity index (χ2v) is 4.48. The SMILES string of the molecule is NC(=O)CCOc1ccc(-c2ccccc2)cc1Cl. The van der Waals surface area contributed by atoms with Gasteiger partial charge in [0.2, 0.25) is 5.91 Å². The fourth-order valence-corrected chi connectivity index (χ4v) is 1.92. The van der Waals surface area contributed by atoms with Gasteiger partial charge in [0.05, 0.1) is 18.1 Å². The zero-order valence-corrected chi connectivity index (χ0v) is 11.1. The number of hydrogen-bond acceptors (Lipinski definition) is 2. The molecule has 1 amide bonds. The van der Waals surface area contributed by atoms with Crippen LogP contribution in [-0.4, -0.2) is 12.5 Å². The average molecular weight is 276 g/mol. The summed E-state index contributed by atoms with van der Waals surface area (Å²) in [5, 5.41) is 0.519. The maximum Gasteiger partial charge on any atom is 0.220 e. The number of primary amides is 1. The zero-order valence-electron chi connectivity index (χ0n) is 10.3. The summed E-state index contributed by atoms with van der Waals surface area (Å²) >= 11 is 6.15. The Kier molecular flexibility index (Phi) is 4.42. The van der Waals surface area contributed by atoms with Crippen molar-refractivity contribution >= 4 is 17.5 Å². The highest BCUT2D eigenvalue weighted by Gasteiger charge is 2.05.